The first-order valence-electron chi connectivity index (χ1n) is 7.56. The summed E-state index contributed by atoms with van der Waals surface area (Å²) < 4.78 is 29.0. The summed E-state index contributed by atoms with van der Waals surface area (Å²) in [4.78, 5) is 12.1. The SMILES string of the molecule is Cc1nn(CC(C)C)c(C)c1CC(=O)Nc1c(F)cccc1F. The molecule has 0 saturated carbocycles. The highest BCUT2D eigenvalue weighted by molar-refractivity contribution is 5.92. The van der Waals surface area contributed by atoms with Crippen LogP contribution in [-0.4, -0.2) is 15.7 Å². The molecule has 2 rings (SSSR count). The predicted molar refractivity (Wildman–Crippen MR) is 85.2 cm³/mol. The van der Waals surface area contributed by atoms with Crippen LogP contribution in [-0.2, 0) is 17.8 Å². The van der Waals surface area contributed by atoms with Crippen LogP contribution in [0.5, 0.6) is 0 Å². The number of nitrogens with zero attached hydrogens (tertiary/aromatic N) is 2. The second-order valence-electron chi connectivity index (χ2n) is 6.05. The first-order valence-corrected chi connectivity index (χ1v) is 7.56. The van der Waals surface area contributed by atoms with Crippen molar-refractivity contribution < 1.29 is 13.6 Å². The van der Waals surface area contributed by atoms with Gasteiger partial charge in [0.2, 0.25) is 5.91 Å². The molecule has 1 aromatic heterocycles. The van der Waals surface area contributed by atoms with Crippen LogP contribution in [0.2, 0.25) is 0 Å². The summed E-state index contributed by atoms with van der Waals surface area (Å²) in [6.45, 7) is 8.66. The second-order valence-corrected chi connectivity index (χ2v) is 6.05. The number of benzene rings is 1. The van der Waals surface area contributed by atoms with Crippen LogP contribution in [0.3, 0.4) is 0 Å². The Balaban J connectivity index is 2.16. The summed E-state index contributed by atoms with van der Waals surface area (Å²) in [6, 6.07) is 3.47. The van der Waals surface area contributed by atoms with Gasteiger partial charge < -0.3 is 5.32 Å². The molecule has 0 aliphatic rings. The maximum absolute atomic E-state index is 13.6. The zero-order valence-corrected chi connectivity index (χ0v) is 13.8. The molecule has 0 fully saturated rings. The van der Waals surface area contributed by atoms with Crippen molar-refractivity contribution in [2.24, 2.45) is 5.92 Å². The fourth-order valence-corrected chi connectivity index (χ4v) is 2.47. The number of nitrogens with one attached hydrogen (secondary N) is 1. The maximum Gasteiger partial charge on any atom is 0.229 e. The Morgan fingerprint density at radius 3 is 2.43 bits per heavy atom. The quantitative estimate of drug-likeness (QED) is 0.914. The van der Waals surface area contributed by atoms with Gasteiger partial charge in [-0.3, -0.25) is 9.48 Å². The molecule has 0 spiro atoms. The van der Waals surface area contributed by atoms with Crippen molar-refractivity contribution in [2.45, 2.75) is 40.7 Å². The monoisotopic (exact) mass is 321 g/mol. The lowest BCUT2D eigenvalue weighted by atomic mass is 10.1. The lowest BCUT2D eigenvalue weighted by molar-refractivity contribution is -0.115. The highest BCUT2D eigenvalue weighted by Gasteiger charge is 2.17. The van der Waals surface area contributed by atoms with E-state index in [1.165, 1.54) is 6.07 Å². The number of hydrogen-bond acceptors (Lipinski definition) is 2. The van der Waals surface area contributed by atoms with Gasteiger partial charge in [-0.1, -0.05) is 19.9 Å². The predicted octanol–water partition coefficient (Wildman–Crippen LogP) is 3.62. The van der Waals surface area contributed by atoms with Crippen LogP contribution >= 0.6 is 0 Å². The molecule has 1 heterocycles. The molecule has 23 heavy (non-hydrogen) atoms. The minimum atomic E-state index is -0.790. The first kappa shape index (κ1) is 17.1. The van der Waals surface area contributed by atoms with Crippen molar-refractivity contribution in [2.75, 3.05) is 5.32 Å². The van der Waals surface area contributed by atoms with E-state index in [0.717, 1.165) is 35.6 Å². The molecule has 0 radical (unpaired) electrons. The first-order chi connectivity index (χ1) is 10.8. The Morgan fingerprint density at radius 2 is 1.87 bits per heavy atom. The molecular weight excluding hydrogens is 300 g/mol. The van der Waals surface area contributed by atoms with Crippen LogP contribution in [0, 0.1) is 31.4 Å². The molecule has 124 valence electrons. The second kappa shape index (κ2) is 6.89. The summed E-state index contributed by atoms with van der Waals surface area (Å²) in [5.41, 5.74) is 2.04. The summed E-state index contributed by atoms with van der Waals surface area (Å²) in [7, 11) is 0. The van der Waals surface area contributed by atoms with Crippen molar-refractivity contribution in [1.82, 2.24) is 9.78 Å². The van der Waals surface area contributed by atoms with Gasteiger partial charge >= 0.3 is 0 Å². The van der Waals surface area contributed by atoms with Crippen molar-refractivity contribution in [3.63, 3.8) is 0 Å². The van der Waals surface area contributed by atoms with Gasteiger partial charge in [-0.2, -0.15) is 5.10 Å². The number of aromatic nitrogens is 2. The molecule has 2 aromatic rings. The largest absolute Gasteiger partial charge is 0.321 e. The number of hydrogen-bond donors (Lipinski definition) is 1. The van der Waals surface area contributed by atoms with Crippen LogP contribution in [0.25, 0.3) is 0 Å². The smallest absolute Gasteiger partial charge is 0.229 e. The molecule has 6 heteroatoms. The van der Waals surface area contributed by atoms with Crippen LogP contribution in [0.4, 0.5) is 14.5 Å². The van der Waals surface area contributed by atoms with Crippen molar-refractivity contribution in [3.05, 3.63) is 46.8 Å². The van der Waals surface area contributed by atoms with E-state index in [4.69, 9.17) is 0 Å². The lowest BCUT2D eigenvalue weighted by Gasteiger charge is -2.09. The molecule has 0 saturated heterocycles. The zero-order valence-electron chi connectivity index (χ0n) is 13.8. The number of aryl methyl sites for hydroxylation is 1. The minimum Gasteiger partial charge on any atom is -0.321 e. The number of amides is 1. The minimum absolute atomic E-state index is 0.0313. The van der Waals surface area contributed by atoms with Gasteiger partial charge in [0.1, 0.15) is 17.3 Å². The Hall–Kier alpha value is -2.24. The molecule has 0 aliphatic carbocycles. The number of rotatable bonds is 5. The average Bonchev–Trinajstić information content (AvgIpc) is 2.70. The third kappa shape index (κ3) is 3.94. The number of anilines is 1. The van der Waals surface area contributed by atoms with Crippen molar-refractivity contribution in [1.29, 1.82) is 0 Å². The molecule has 0 bridgehead atoms. The van der Waals surface area contributed by atoms with E-state index in [9.17, 15) is 13.6 Å². The number of carbonyl (C=O) groups excluding carboxylic acids is 1. The van der Waals surface area contributed by atoms with E-state index in [1.807, 2.05) is 18.5 Å². The van der Waals surface area contributed by atoms with E-state index in [1.54, 1.807) is 0 Å². The van der Waals surface area contributed by atoms with Gasteiger partial charge in [-0.15, -0.1) is 0 Å². The molecule has 1 aromatic carbocycles. The standard InChI is InChI=1S/C17H21F2N3O/c1-10(2)9-22-12(4)13(11(3)21-22)8-16(23)20-17-14(18)6-5-7-15(17)19/h5-7,10H,8-9H2,1-4H3,(H,20,23). The topological polar surface area (TPSA) is 46.9 Å². The molecule has 1 amide bonds. The van der Waals surface area contributed by atoms with Crippen LogP contribution < -0.4 is 5.32 Å². The Morgan fingerprint density at radius 1 is 1.26 bits per heavy atom. The van der Waals surface area contributed by atoms with Gasteiger partial charge in [0.15, 0.2) is 0 Å². The van der Waals surface area contributed by atoms with E-state index in [0.29, 0.717) is 5.92 Å². The Labute approximate surface area is 134 Å². The Kier molecular flexibility index (Phi) is 5.13. The third-order valence-electron chi connectivity index (χ3n) is 3.63. The summed E-state index contributed by atoms with van der Waals surface area (Å²) in [6.07, 6.45) is 0.0313. The van der Waals surface area contributed by atoms with Crippen LogP contribution in [0.1, 0.15) is 30.8 Å². The fraction of sp³-hybridized carbons (Fsp3) is 0.412. The van der Waals surface area contributed by atoms with Gasteiger partial charge in [0.05, 0.1) is 12.1 Å². The fourth-order valence-electron chi connectivity index (χ4n) is 2.47. The van der Waals surface area contributed by atoms with E-state index < -0.39 is 23.2 Å². The molecular formula is C17H21F2N3O. The highest BCUT2D eigenvalue weighted by atomic mass is 19.1. The maximum atomic E-state index is 13.6. The number of carbonyl (C=O) groups is 1. The van der Waals surface area contributed by atoms with Gasteiger partial charge in [0.25, 0.3) is 0 Å². The molecule has 0 aliphatic heterocycles. The average molecular weight is 321 g/mol. The molecule has 0 unspecified atom stereocenters. The summed E-state index contributed by atoms with van der Waals surface area (Å²) >= 11 is 0. The summed E-state index contributed by atoms with van der Waals surface area (Å²) in [5.74, 6) is -1.61. The third-order valence-corrected chi connectivity index (χ3v) is 3.63. The van der Waals surface area contributed by atoms with Crippen molar-refractivity contribution in [3.8, 4) is 0 Å². The Bertz CT molecular complexity index is 703. The molecule has 1 N–H and O–H groups in total. The normalized spacial score (nSPS) is 11.1. The van der Waals surface area contributed by atoms with E-state index in [2.05, 4.69) is 24.3 Å². The van der Waals surface area contributed by atoms with Crippen molar-refractivity contribution >= 4 is 11.6 Å². The number of halogens is 2. The van der Waals surface area contributed by atoms with Gasteiger partial charge in [0, 0.05) is 17.8 Å². The van der Waals surface area contributed by atoms with Gasteiger partial charge in [-0.25, -0.2) is 8.78 Å². The van der Waals surface area contributed by atoms with Gasteiger partial charge in [-0.05, 0) is 31.9 Å². The highest BCUT2D eigenvalue weighted by Crippen LogP contribution is 2.20. The summed E-state index contributed by atoms with van der Waals surface area (Å²) in [5, 5.41) is 6.74. The number of para-hydroxylation sites is 1. The molecule has 0 atom stereocenters. The zero-order chi connectivity index (χ0) is 17.1. The lowest BCUT2D eigenvalue weighted by Crippen LogP contribution is -2.17. The van der Waals surface area contributed by atoms with E-state index >= 15 is 0 Å². The van der Waals surface area contributed by atoms with Crippen LogP contribution in [0.15, 0.2) is 18.2 Å². The van der Waals surface area contributed by atoms with E-state index in [-0.39, 0.29) is 6.42 Å². The molecule has 4 nitrogen and oxygen atoms in total.